The molecule has 4 nitrogen and oxygen atoms in total. The van der Waals surface area contributed by atoms with Crippen molar-refractivity contribution in [3.05, 3.63) is 60.2 Å². The minimum atomic E-state index is -3.41. The van der Waals surface area contributed by atoms with Gasteiger partial charge in [0.2, 0.25) is 10.0 Å². The van der Waals surface area contributed by atoms with Crippen LogP contribution in [0.3, 0.4) is 0 Å². The minimum Gasteiger partial charge on any atom is -0.399 e. The third kappa shape index (κ3) is 3.49. The van der Waals surface area contributed by atoms with Gasteiger partial charge in [0.25, 0.3) is 0 Å². The van der Waals surface area contributed by atoms with Crippen LogP contribution in [-0.4, -0.2) is 8.42 Å². The molecule has 0 spiro atoms. The van der Waals surface area contributed by atoms with Crippen LogP contribution in [-0.2, 0) is 15.8 Å². The van der Waals surface area contributed by atoms with Gasteiger partial charge in [-0.25, -0.2) is 8.42 Å². The van der Waals surface area contributed by atoms with Crippen LogP contribution in [0, 0.1) is 0 Å². The Morgan fingerprint density at radius 1 is 1.00 bits per heavy atom. The molecule has 0 atom stereocenters. The second kappa shape index (κ2) is 5.10. The molecule has 0 aliphatic heterocycles. The molecule has 0 saturated heterocycles. The van der Waals surface area contributed by atoms with Crippen LogP contribution in [0.4, 0.5) is 11.4 Å². The zero-order valence-electron chi connectivity index (χ0n) is 9.71. The molecule has 0 heterocycles. The lowest BCUT2D eigenvalue weighted by molar-refractivity contribution is 0.600. The quantitative estimate of drug-likeness (QED) is 0.830. The van der Waals surface area contributed by atoms with Gasteiger partial charge in [0.05, 0.1) is 11.4 Å². The van der Waals surface area contributed by atoms with Crippen LogP contribution in [0.1, 0.15) is 5.56 Å². The molecular formula is C13H14N2O2S. The summed E-state index contributed by atoms with van der Waals surface area (Å²) in [5, 5.41) is 0. The van der Waals surface area contributed by atoms with Crippen molar-refractivity contribution in [2.75, 3.05) is 10.5 Å². The zero-order valence-corrected chi connectivity index (χ0v) is 10.5. The van der Waals surface area contributed by atoms with Crippen LogP contribution in [0.15, 0.2) is 54.6 Å². The molecule has 2 aromatic carbocycles. The van der Waals surface area contributed by atoms with E-state index in [1.807, 2.05) is 18.2 Å². The predicted molar refractivity (Wildman–Crippen MR) is 73.5 cm³/mol. The van der Waals surface area contributed by atoms with Crippen LogP contribution in [0.25, 0.3) is 0 Å². The van der Waals surface area contributed by atoms with Gasteiger partial charge in [0, 0.05) is 5.69 Å². The molecule has 94 valence electrons. The Hall–Kier alpha value is -2.01. The maximum Gasteiger partial charge on any atom is 0.236 e. The third-order valence-corrected chi connectivity index (χ3v) is 3.62. The lowest BCUT2D eigenvalue weighted by Gasteiger charge is -2.08. The lowest BCUT2D eigenvalue weighted by atomic mass is 10.2. The number of hydrogen-bond acceptors (Lipinski definition) is 3. The number of nitrogens with two attached hydrogens (primary N) is 1. The average Bonchev–Trinajstić information content (AvgIpc) is 2.28. The molecule has 3 N–H and O–H groups in total. The number of anilines is 2. The first kappa shape index (κ1) is 12.4. The van der Waals surface area contributed by atoms with Gasteiger partial charge in [-0.2, -0.15) is 0 Å². The van der Waals surface area contributed by atoms with Gasteiger partial charge in [-0.1, -0.05) is 36.4 Å². The highest BCUT2D eigenvalue weighted by molar-refractivity contribution is 7.91. The van der Waals surface area contributed by atoms with E-state index in [-0.39, 0.29) is 5.75 Å². The van der Waals surface area contributed by atoms with E-state index in [2.05, 4.69) is 4.72 Å². The van der Waals surface area contributed by atoms with E-state index >= 15 is 0 Å². The van der Waals surface area contributed by atoms with Gasteiger partial charge in [0.15, 0.2) is 0 Å². The summed E-state index contributed by atoms with van der Waals surface area (Å²) in [4.78, 5) is 0. The first-order valence-electron chi connectivity index (χ1n) is 5.45. The largest absolute Gasteiger partial charge is 0.399 e. The van der Waals surface area contributed by atoms with Crippen molar-refractivity contribution < 1.29 is 8.42 Å². The Kier molecular flexibility index (Phi) is 3.53. The number of sulfonamides is 1. The highest BCUT2D eigenvalue weighted by Crippen LogP contribution is 2.15. The van der Waals surface area contributed by atoms with Gasteiger partial charge in [-0.05, 0) is 23.8 Å². The Morgan fingerprint density at radius 2 is 1.72 bits per heavy atom. The van der Waals surface area contributed by atoms with E-state index in [4.69, 9.17) is 5.73 Å². The molecule has 18 heavy (non-hydrogen) atoms. The molecular weight excluding hydrogens is 248 g/mol. The van der Waals surface area contributed by atoms with Crippen molar-refractivity contribution >= 4 is 21.4 Å². The Morgan fingerprint density at radius 3 is 2.39 bits per heavy atom. The second-order valence-electron chi connectivity index (χ2n) is 3.97. The van der Waals surface area contributed by atoms with Crippen LogP contribution in [0.2, 0.25) is 0 Å². The fraction of sp³-hybridized carbons (Fsp3) is 0.0769. The van der Waals surface area contributed by atoms with Gasteiger partial charge < -0.3 is 5.73 Å². The summed E-state index contributed by atoms with van der Waals surface area (Å²) in [7, 11) is -3.41. The molecule has 2 aromatic rings. The van der Waals surface area contributed by atoms with Gasteiger partial charge >= 0.3 is 0 Å². The fourth-order valence-corrected chi connectivity index (χ4v) is 2.80. The second-order valence-corrected chi connectivity index (χ2v) is 5.69. The number of nitrogen functional groups attached to an aromatic ring is 1. The topological polar surface area (TPSA) is 72.2 Å². The normalized spacial score (nSPS) is 11.1. The maximum atomic E-state index is 11.9. The molecule has 0 radical (unpaired) electrons. The molecule has 0 saturated carbocycles. The van der Waals surface area contributed by atoms with E-state index in [1.54, 1.807) is 36.4 Å². The first-order valence-corrected chi connectivity index (χ1v) is 7.10. The van der Waals surface area contributed by atoms with Crippen molar-refractivity contribution in [2.45, 2.75) is 5.75 Å². The first-order chi connectivity index (χ1) is 8.55. The Labute approximate surface area is 107 Å². The molecule has 0 aliphatic carbocycles. The standard InChI is InChI=1S/C13H14N2O2S/c14-12-7-4-8-13(9-12)15-18(16,17)10-11-5-2-1-3-6-11/h1-9,15H,10,14H2. The predicted octanol–water partition coefficient (Wildman–Crippen LogP) is 2.21. The average molecular weight is 262 g/mol. The highest BCUT2D eigenvalue weighted by Gasteiger charge is 2.11. The summed E-state index contributed by atoms with van der Waals surface area (Å²) in [5.41, 5.74) is 7.34. The fourth-order valence-electron chi connectivity index (χ4n) is 1.61. The molecule has 0 unspecified atom stereocenters. The highest BCUT2D eigenvalue weighted by atomic mass is 32.2. The van der Waals surface area contributed by atoms with E-state index in [0.29, 0.717) is 11.4 Å². The van der Waals surface area contributed by atoms with E-state index in [9.17, 15) is 8.42 Å². The zero-order chi connectivity index (χ0) is 13.0. The van der Waals surface area contributed by atoms with Crippen LogP contribution < -0.4 is 10.5 Å². The molecule has 0 bridgehead atoms. The molecule has 0 aliphatic rings. The summed E-state index contributed by atoms with van der Waals surface area (Å²) in [6.07, 6.45) is 0. The van der Waals surface area contributed by atoms with Crippen molar-refractivity contribution in [1.29, 1.82) is 0 Å². The molecule has 5 heteroatoms. The summed E-state index contributed by atoms with van der Waals surface area (Å²) in [5.74, 6) is -0.0529. The maximum absolute atomic E-state index is 11.9. The van der Waals surface area contributed by atoms with E-state index < -0.39 is 10.0 Å². The molecule has 0 amide bonds. The number of hydrogen-bond donors (Lipinski definition) is 2. The molecule has 0 fully saturated rings. The van der Waals surface area contributed by atoms with Gasteiger partial charge in [-0.3, -0.25) is 4.72 Å². The van der Waals surface area contributed by atoms with Crippen LogP contribution >= 0.6 is 0 Å². The van der Waals surface area contributed by atoms with E-state index in [1.165, 1.54) is 0 Å². The van der Waals surface area contributed by atoms with Crippen LogP contribution in [0.5, 0.6) is 0 Å². The van der Waals surface area contributed by atoms with Crippen molar-refractivity contribution in [1.82, 2.24) is 0 Å². The van der Waals surface area contributed by atoms with Crippen molar-refractivity contribution in [2.24, 2.45) is 0 Å². The van der Waals surface area contributed by atoms with Gasteiger partial charge in [-0.15, -0.1) is 0 Å². The monoisotopic (exact) mass is 262 g/mol. The summed E-state index contributed by atoms with van der Waals surface area (Å²) in [6.45, 7) is 0. The molecule has 2 rings (SSSR count). The summed E-state index contributed by atoms with van der Waals surface area (Å²) >= 11 is 0. The lowest BCUT2D eigenvalue weighted by Crippen LogP contribution is -2.15. The minimum absolute atomic E-state index is 0.0529. The number of benzene rings is 2. The number of rotatable bonds is 4. The van der Waals surface area contributed by atoms with Crippen molar-refractivity contribution in [3.63, 3.8) is 0 Å². The van der Waals surface area contributed by atoms with Crippen molar-refractivity contribution in [3.8, 4) is 0 Å². The molecule has 0 aromatic heterocycles. The number of nitrogens with one attached hydrogen (secondary N) is 1. The summed E-state index contributed by atoms with van der Waals surface area (Å²) < 4.78 is 26.4. The van der Waals surface area contributed by atoms with E-state index in [0.717, 1.165) is 5.56 Å². The summed E-state index contributed by atoms with van der Waals surface area (Å²) in [6, 6.07) is 15.7. The Balaban J connectivity index is 2.13. The SMILES string of the molecule is Nc1cccc(NS(=O)(=O)Cc2ccccc2)c1. The third-order valence-electron chi connectivity index (χ3n) is 2.36. The smallest absolute Gasteiger partial charge is 0.236 e. The van der Waals surface area contributed by atoms with Gasteiger partial charge in [0.1, 0.15) is 0 Å². The Bertz CT molecular complexity index is 624.